The molecule has 3 N–H and O–H groups in total. The van der Waals surface area contributed by atoms with Gasteiger partial charge in [0.25, 0.3) is 0 Å². The standard InChI is InChI=1S/C46H67ClN4O13S/c1-27-13-12-14-35(60-11)46(58)25-34(62-43(57)49-46)29(3)41-45(7,64-41)36(24-39(55)51(9)32-22-31(21-27)23-33(59-10)40(32)47)63-42(56)30(4)50(8)38(54)15-17-44(5,6)65-26-37(53)48-18-20-61-19-16-28(2)52/h12-14,22-23,29-30,34-36,41,58H,15-21,24-26H2,1-11H3,(H,48,53)(H,49,57)/b14-12+,27-13+/t29-,30+,34+,35-,36+,41+,45+,46+/m1/s1. The quantitative estimate of drug-likeness (QED) is 0.108. The Morgan fingerprint density at radius 1 is 1.17 bits per heavy atom. The number of rotatable bonds is 17. The minimum absolute atomic E-state index is 0.0337. The van der Waals surface area contributed by atoms with Crippen LogP contribution in [0.5, 0.6) is 5.75 Å². The number of hydrogen-bond acceptors (Lipinski definition) is 14. The highest BCUT2D eigenvalue weighted by atomic mass is 35.5. The van der Waals surface area contributed by atoms with E-state index in [0.29, 0.717) is 50.5 Å². The molecule has 2 saturated heterocycles. The number of epoxide rings is 1. The van der Waals surface area contributed by atoms with Crippen LogP contribution in [0, 0.1) is 5.92 Å². The lowest BCUT2D eigenvalue weighted by atomic mass is 9.83. The van der Waals surface area contributed by atoms with E-state index < -0.39 is 70.4 Å². The first kappa shape index (κ1) is 53.4. The molecular formula is C46H67ClN4O13S. The molecule has 1 aromatic carbocycles. The lowest BCUT2D eigenvalue weighted by molar-refractivity contribution is -0.162. The van der Waals surface area contributed by atoms with Crippen LogP contribution in [0.25, 0.3) is 0 Å². The number of halogens is 1. The average molecular weight is 952 g/mol. The molecule has 0 aromatic heterocycles. The maximum atomic E-state index is 14.3. The zero-order chi connectivity index (χ0) is 48.4. The topological polar surface area (TPSA) is 212 Å². The lowest BCUT2D eigenvalue weighted by Gasteiger charge is -2.42. The molecule has 4 amide bonds. The zero-order valence-corrected chi connectivity index (χ0v) is 41.0. The third-order valence-electron chi connectivity index (χ3n) is 12.2. The van der Waals surface area contributed by atoms with Crippen LogP contribution in [0.15, 0.2) is 35.9 Å². The fraction of sp³-hybridized carbons (Fsp3) is 0.652. The molecule has 3 heterocycles. The summed E-state index contributed by atoms with van der Waals surface area (Å²) in [6.45, 7) is 13.2. The number of methoxy groups -OCH3 is 2. The molecule has 8 atom stereocenters. The molecule has 0 spiro atoms. The van der Waals surface area contributed by atoms with Crippen molar-refractivity contribution >= 4 is 64.6 Å². The number of carbonyl (C=O) groups excluding carboxylic acids is 6. The number of esters is 1. The minimum Gasteiger partial charge on any atom is -0.495 e. The van der Waals surface area contributed by atoms with E-state index in [1.54, 1.807) is 45.2 Å². The highest BCUT2D eigenvalue weighted by Crippen LogP contribution is 2.49. The van der Waals surface area contributed by atoms with E-state index >= 15 is 0 Å². The zero-order valence-electron chi connectivity index (χ0n) is 39.4. The van der Waals surface area contributed by atoms with Crippen molar-refractivity contribution in [3.8, 4) is 5.75 Å². The third-order valence-corrected chi connectivity index (χ3v) is 14.0. The van der Waals surface area contributed by atoms with E-state index in [2.05, 4.69) is 10.6 Å². The summed E-state index contributed by atoms with van der Waals surface area (Å²) in [5, 5.41) is 17.3. The van der Waals surface area contributed by atoms with Gasteiger partial charge in [0.1, 0.15) is 46.5 Å². The summed E-state index contributed by atoms with van der Waals surface area (Å²) in [7, 11) is 5.96. The van der Waals surface area contributed by atoms with Crippen LogP contribution in [0.4, 0.5) is 10.5 Å². The van der Waals surface area contributed by atoms with Gasteiger partial charge in [0.15, 0.2) is 5.72 Å². The Balaban J connectivity index is 1.53. The fourth-order valence-electron chi connectivity index (χ4n) is 7.77. The number of thioether (sulfide) groups is 1. The van der Waals surface area contributed by atoms with Crippen LogP contribution < -0.4 is 20.3 Å². The number of ketones is 1. The summed E-state index contributed by atoms with van der Waals surface area (Å²) >= 11 is 8.20. The molecule has 19 heteroatoms. The number of fused-ring (bicyclic) bond motifs is 5. The first-order valence-corrected chi connectivity index (χ1v) is 23.1. The second-order valence-corrected chi connectivity index (χ2v) is 19.9. The van der Waals surface area contributed by atoms with Crippen LogP contribution in [-0.4, -0.2) is 146 Å². The van der Waals surface area contributed by atoms with Crippen LogP contribution in [-0.2, 0) is 54.1 Å². The summed E-state index contributed by atoms with van der Waals surface area (Å²) in [6.07, 6.45) is 1.42. The highest BCUT2D eigenvalue weighted by molar-refractivity contribution is 8.01. The van der Waals surface area contributed by atoms with Crippen molar-refractivity contribution in [1.82, 2.24) is 15.5 Å². The van der Waals surface area contributed by atoms with E-state index in [-0.39, 0.29) is 47.6 Å². The number of likely N-dealkylation sites (N-methyl/N-ethyl adjacent to an activating group) is 1. The van der Waals surface area contributed by atoms with Gasteiger partial charge in [-0.3, -0.25) is 24.5 Å². The van der Waals surface area contributed by atoms with Crippen molar-refractivity contribution in [2.24, 2.45) is 5.92 Å². The third kappa shape index (κ3) is 14.4. The molecule has 17 nitrogen and oxygen atoms in total. The van der Waals surface area contributed by atoms with Gasteiger partial charge in [-0.15, -0.1) is 11.8 Å². The number of allylic oxidation sites excluding steroid dienone is 3. The van der Waals surface area contributed by atoms with Gasteiger partial charge in [-0.25, -0.2) is 9.59 Å². The normalized spacial score (nSPS) is 27.7. The Morgan fingerprint density at radius 2 is 1.88 bits per heavy atom. The Kier molecular flexibility index (Phi) is 18.9. The fourth-order valence-corrected chi connectivity index (χ4v) is 8.95. The number of benzene rings is 1. The van der Waals surface area contributed by atoms with Gasteiger partial charge < -0.3 is 48.6 Å². The van der Waals surface area contributed by atoms with Crippen LogP contribution in [0.2, 0.25) is 5.02 Å². The summed E-state index contributed by atoms with van der Waals surface area (Å²) in [5.41, 5.74) is -1.07. The minimum atomic E-state index is -1.86. The number of Topliss-reactive ketones (excluding diaryl/α,β-unsaturated/α-hetero) is 1. The summed E-state index contributed by atoms with van der Waals surface area (Å²) in [4.78, 5) is 81.0. The summed E-state index contributed by atoms with van der Waals surface area (Å²) in [6, 6.07) is 2.49. The second-order valence-electron chi connectivity index (χ2n) is 17.9. The molecule has 0 saturated carbocycles. The molecule has 4 rings (SSSR count). The predicted molar refractivity (Wildman–Crippen MR) is 246 cm³/mol. The van der Waals surface area contributed by atoms with Crippen molar-refractivity contribution in [2.75, 3.05) is 58.7 Å². The first-order chi connectivity index (χ1) is 30.4. The van der Waals surface area contributed by atoms with Gasteiger partial charge in [-0.2, -0.15) is 0 Å². The van der Waals surface area contributed by atoms with Gasteiger partial charge in [-0.05, 0) is 58.2 Å². The van der Waals surface area contributed by atoms with Crippen molar-refractivity contribution in [1.29, 1.82) is 0 Å². The smallest absolute Gasteiger partial charge is 0.409 e. The van der Waals surface area contributed by atoms with Crippen LogP contribution >= 0.6 is 23.4 Å². The van der Waals surface area contributed by atoms with E-state index in [4.69, 9.17) is 40.0 Å². The van der Waals surface area contributed by atoms with Gasteiger partial charge in [0, 0.05) is 57.7 Å². The van der Waals surface area contributed by atoms with E-state index in [1.807, 2.05) is 26.8 Å². The number of nitrogens with zero attached hydrogens (tertiary/aromatic N) is 2. The SMILES string of the molecule is COc1cc2cc(c1Cl)N(C)C(=O)C[C@H](OC(=O)[C@H](C)N(C)C(=O)CCC(C)(C)SCC(=O)NCCOCCC(C)=O)[C@]1(C)O[C@H]1[C@H](C)[C@@H]1C[C@@](O)(NC(=O)O1)[C@H](OC)/C=C/C=C(\C)C2. The van der Waals surface area contributed by atoms with E-state index in [9.17, 15) is 33.9 Å². The Morgan fingerprint density at radius 3 is 2.54 bits per heavy atom. The number of carbonyl (C=O) groups is 6. The molecular weight excluding hydrogens is 884 g/mol. The molecule has 65 heavy (non-hydrogen) atoms. The van der Waals surface area contributed by atoms with Crippen molar-refractivity contribution in [2.45, 2.75) is 134 Å². The molecule has 4 bridgehead atoms. The average Bonchev–Trinajstić information content (AvgIpc) is 3.95. The highest BCUT2D eigenvalue weighted by Gasteiger charge is 2.64. The lowest BCUT2D eigenvalue weighted by Crippen LogP contribution is -2.63. The molecule has 3 aliphatic heterocycles. The van der Waals surface area contributed by atoms with Crippen molar-refractivity contribution < 1.29 is 62.3 Å². The summed E-state index contributed by atoms with van der Waals surface area (Å²) < 4.78 is 34.3. The molecule has 0 aliphatic carbocycles. The van der Waals surface area contributed by atoms with Gasteiger partial charge in [0.2, 0.25) is 17.7 Å². The summed E-state index contributed by atoms with van der Waals surface area (Å²) in [5.74, 6) is -1.78. The molecule has 362 valence electrons. The Bertz CT molecular complexity index is 1980. The number of aliphatic hydroxyl groups is 1. The monoisotopic (exact) mass is 950 g/mol. The number of nitrogens with one attached hydrogen (secondary N) is 2. The maximum Gasteiger partial charge on any atom is 0.409 e. The van der Waals surface area contributed by atoms with Crippen LogP contribution in [0.1, 0.15) is 86.1 Å². The molecule has 3 aliphatic rings. The van der Waals surface area contributed by atoms with Gasteiger partial charge in [-0.1, -0.05) is 56.2 Å². The number of ether oxygens (including phenoxy) is 6. The Labute approximate surface area is 391 Å². The largest absolute Gasteiger partial charge is 0.495 e. The number of hydrogen-bond donors (Lipinski definition) is 3. The van der Waals surface area contributed by atoms with E-state index in [1.165, 1.54) is 56.7 Å². The molecule has 0 unspecified atom stereocenters. The van der Waals surface area contributed by atoms with Crippen molar-refractivity contribution in [3.05, 3.63) is 46.5 Å². The predicted octanol–water partition coefficient (Wildman–Crippen LogP) is 4.92. The second kappa shape index (κ2) is 23.0. The molecule has 0 radical (unpaired) electrons. The molecule has 1 aromatic rings. The maximum absolute atomic E-state index is 14.3. The van der Waals surface area contributed by atoms with Gasteiger partial charge >= 0.3 is 12.1 Å². The first-order valence-electron chi connectivity index (χ1n) is 21.8. The number of amides is 4. The number of anilines is 1. The molecule has 2 fully saturated rings. The van der Waals surface area contributed by atoms with Crippen molar-refractivity contribution in [3.63, 3.8) is 0 Å². The van der Waals surface area contributed by atoms with Crippen LogP contribution in [0.3, 0.4) is 0 Å². The Hall–Kier alpha value is -4.20. The number of alkyl carbamates (subject to hydrolysis) is 1. The van der Waals surface area contributed by atoms with E-state index in [0.717, 1.165) is 11.1 Å². The van der Waals surface area contributed by atoms with Gasteiger partial charge in [0.05, 0.1) is 44.3 Å².